The van der Waals surface area contributed by atoms with Gasteiger partial charge in [0.25, 0.3) is 0 Å². The van der Waals surface area contributed by atoms with Gasteiger partial charge in [-0.15, -0.1) is 0 Å². The smallest absolute Gasteiger partial charge is 0.338 e. The highest BCUT2D eigenvalue weighted by atomic mass is 16.5. The largest absolute Gasteiger partial charge is 0.467 e. The Morgan fingerprint density at radius 1 is 1.17 bits per heavy atom. The fraction of sp³-hybridized carbons (Fsp3) is 0.421. The minimum atomic E-state index is -1.02. The molecule has 1 saturated heterocycles. The number of amides is 6. The van der Waals surface area contributed by atoms with E-state index < -0.39 is 42.4 Å². The summed E-state index contributed by atoms with van der Waals surface area (Å²) in [5.74, 6) is -2.44. The number of furan rings is 1. The van der Waals surface area contributed by atoms with E-state index in [1.54, 1.807) is 19.1 Å². The van der Waals surface area contributed by atoms with Crippen LogP contribution in [0.25, 0.3) is 0 Å². The molecule has 3 rings (SSSR count). The van der Waals surface area contributed by atoms with Gasteiger partial charge in [-0.05, 0) is 25.5 Å². The van der Waals surface area contributed by atoms with E-state index in [-0.39, 0.29) is 30.2 Å². The number of carbonyl (C=O) groups is 5. The first-order valence-corrected chi connectivity index (χ1v) is 9.57. The van der Waals surface area contributed by atoms with Crippen molar-refractivity contribution in [3.8, 4) is 0 Å². The Morgan fingerprint density at radius 2 is 1.90 bits per heavy atom. The molecule has 2 aliphatic heterocycles. The summed E-state index contributed by atoms with van der Waals surface area (Å²) in [4.78, 5) is 63.6. The lowest BCUT2D eigenvalue weighted by molar-refractivity contribution is -0.143. The molecule has 2 aliphatic rings. The Labute approximate surface area is 172 Å². The minimum Gasteiger partial charge on any atom is -0.467 e. The van der Waals surface area contributed by atoms with Crippen molar-refractivity contribution in [1.82, 2.24) is 20.4 Å². The van der Waals surface area contributed by atoms with Crippen molar-refractivity contribution in [3.63, 3.8) is 0 Å². The topological polar surface area (TPSA) is 138 Å². The van der Waals surface area contributed by atoms with Gasteiger partial charge >= 0.3 is 29.8 Å². The molecule has 1 fully saturated rings. The third-order valence-electron chi connectivity index (χ3n) is 4.66. The van der Waals surface area contributed by atoms with Crippen LogP contribution in [0.3, 0.4) is 0 Å². The Morgan fingerprint density at radius 3 is 2.53 bits per heavy atom. The maximum atomic E-state index is 12.6. The molecule has 3 heterocycles. The Balaban J connectivity index is 1.97. The van der Waals surface area contributed by atoms with E-state index in [2.05, 4.69) is 10.6 Å². The summed E-state index contributed by atoms with van der Waals surface area (Å²) in [6.07, 6.45) is 2.66. The number of esters is 1. The molecule has 0 bridgehead atoms. The van der Waals surface area contributed by atoms with E-state index in [4.69, 9.17) is 9.15 Å². The van der Waals surface area contributed by atoms with Crippen molar-refractivity contribution in [2.24, 2.45) is 0 Å². The van der Waals surface area contributed by atoms with E-state index in [9.17, 15) is 24.0 Å². The van der Waals surface area contributed by atoms with E-state index in [0.717, 1.165) is 11.3 Å². The summed E-state index contributed by atoms with van der Waals surface area (Å²) in [6, 6.07) is 0.714. The van der Waals surface area contributed by atoms with Crippen LogP contribution >= 0.6 is 0 Å². The van der Waals surface area contributed by atoms with Crippen molar-refractivity contribution in [1.29, 1.82) is 0 Å². The third kappa shape index (κ3) is 3.91. The van der Waals surface area contributed by atoms with Crippen LogP contribution in [0.4, 0.5) is 9.59 Å². The van der Waals surface area contributed by atoms with Crippen molar-refractivity contribution in [2.45, 2.75) is 32.7 Å². The van der Waals surface area contributed by atoms with Crippen LogP contribution in [0, 0.1) is 0 Å². The zero-order valence-electron chi connectivity index (χ0n) is 16.6. The number of nitrogens with one attached hydrogen (secondary N) is 2. The van der Waals surface area contributed by atoms with Crippen LogP contribution in [-0.4, -0.2) is 59.3 Å². The minimum absolute atomic E-state index is 0.0218. The number of hydrogen-bond donors (Lipinski definition) is 2. The highest BCUT2D eigenvalue weighted by Gasteiger charge is 2.46. The second-order valence-electron chi connectivity index (χ2n) is 6.64. The van der Waals surface area contributed by atoms with Crippen LogP contribution < -0.4 is 10.6 Å². The van der Waals surface area contributed by atoms with Gasteiger partial charge in [0, 0.05) is 6.54 Å². The normalized spacial score (nSPS) is 19.3. The standard InChI is InChI=1S/C19H22N4O7/c1-3-5-8-22-15(24)16(25)23(19(22)28)10-11-13(17(26)29-4-2)14(21-18(27)20-11)12-7-6-9-30-12/h6-7,9,14H,3-5,8,10H2,1-2H3,(H2,20,21,27). The van der Waals surface area contributed by atoms with Crippen LogP contribution in [-0.2, 0) is 19.1 Å². The lowest BCUT2D eigenvalue weighted by atomic mass is 10.00. The highest BCUT2D eigenvalue weighted by molar-refractivity contribution is 6.44. The summed E-state index contributed by atoms with van der Waals surface area (Å²) >= 11 is 0. The predicted octanol–water partition coefficient (Wildman–Crippen LogP) is 1.04. The van der Waals surface area contributed by atoms with Gasteiger partial charge in [0.15, 0.2) is 0 Å². The van der Waals surface area contributed by atoms with E-state index >= 15 is 0 Å². The monoisotopic (exact) mass is 418 g/mol. The molecular weight excluding hydrogens is 396 g/mol. The van der Waals surface area contributed by atoms with Crippen LogP contribution in [0.2, 0.25) is 0 Å². The van der Waals surface area contributed by atoms with Gasteiger partial charge in [-0.3, -0.25) is 14.5 Å². The van der Waals surface area contributed by atoms with Gasteiger partial charge in [0.2, 0.25) is 0 Å². The number of imide groups is 2. The molecule has 11 nitrogen and oxygen atoms in total. The quantitative estimate of drug-likeness (QED) is 0.365. The summed E-state index contributed by atoms with van der Waals surface area (Å²) in [5, 5.41) is 5.01. The highest BCUT2D eigenvalue weighted by Crippen LogP contribution is 2.29. The predicted molar refractivity (Wildman–Crippen MR) is 101 cm³/mol. The Hall–Kier alpha value is -3.63. The third-order valence-corrected chi connectivity index (χ3v) is 4.66. The summed E-state index contributed by atoms with van der Waals surface area (Å²) in [6.45, 7) is 3.22. The van der Waals surface area contributed by atoms with Crippen molar-refractivity contribution >= 4 is 29.8 Å². The number of rotatable bonds is 8. The molecule has 1 aromatic heterocycles. The molecule has 0 saturated carbocycles. The maximum absolute atomic E-state index is 12.6. The van der Waals surface area contributed by atoms with Crippen molar-refractivity contribution in [3.05, 3.63) is 35.4 Å². The molecule has 1 unspecified atom stereocenters. The van der Waals surface area contributed by atoms with Gasteiger partial charge in [-0.2, -0.15) is 0 Å². The van der Waals surface area contributed by atoms with Crippen molar-refractivity contribution in [2.75, 3.05) is 19.7 Å². The van der Waals surface area contributed by atoms with E-state index in [0.29, 0.717) is 11.3 Å². The molecule has 30 heavy (non-hydrogen) atoms. The molecule has 1 atom stereocenters. The SMILES string of the molecule is CCCCN1C(=O)C(=O)N(CC2=C(C(=O)OCC)C(c3ccco3)NC(=O)N2)C1=O. The number of unbranched alkanes of at least 4 members (excludes halogenated alkanes) is 1. The molecule has 2 N–H and O–H groups in total. The van der Waals surface area contributed by atoms with Gasteiger partial charge in [0.1, 0.15) is 11.8 Å². The van der Waals surface area contributed by atoms with E-state index in [1.807, 2.05) is 6.92 Å². The summed E-state index contributed by atoms with van der Waals surface area (Å²) in [5.41, 5.74) is -0.0445. The maximum Gasteiger partial charge on any atom is 0.338 e. The summed E-state index contributed by atoms with van der Waals surface area (Å²) in [7, 11) is 0. The number of nitrogens with zero attached hydrogens (tertiary/aromatic N) is 2. The van der Waals surface area contributed by atoms with Gasteiger partial charge in [-0.25, -0.2) is 19.3 Å². The van der Waals surface area contributed by atoms with Crippen molar-refractivity contribution < 1.29 is 33.1 Å². The number of carbonyl (C=O) groups excluding carboxylic acids is 5. The zero-order valence-corrected chi connectivity index (χ0v) is 16.6. The molecule has 1 aromatic rings. The molecule has 0 aromatic carbocycles. The van der Waals surface area contributed by atoms with Crippen LogP contribution in [0.5, 0.6) is 0 Å². The lowest BCUT2D eigenvalue weighted by Crippen LogP contribution is -2.49. The Bertz CT molecular complexity index is 906. The number of urea groups is 2. The van der Waals surface area contributed by atoms with Gasteiger partial charge < -0.3 is 19.8 Å². The molecule has 6 amide bonds. The summed E-state index contributed by atoms with van der Waals surface area (Å²) < 4.78 is 10.4. The lowest BCUT2D eigenvalue weighted by Gasteiger charge is -2.29. The fourth-order valence-corrected chi connectivity index (χ4v) is 3.22. The first-order valence-electron chi connectivity index (χ1n) is 9.57. The first-order chi connectivity index (χ1) is 14.4. The second kappa shape index (κ2) is 8.80. The average Bonchev–Trinajstić information content (AvgIpc) is 3.31. The zero-order chi connectivity index (χ0) is 21.8. The second-order valence-corrected chi connectivity index (χ2v) is 6.64. The molecule has 0 spiro atoms. The first kappa shape index (κ1) is 21.1. The average molecular weight is 418 g/mol. The molecule has 160 valence electrons. The molecule has 11 heteroatoms. The number of ether oxygens (including phenoxy) is 1. The van der Waals surface area contributed by atoms with Gasteiger partial charge in [-0.1, -0.05) is 13.3 Å². The molecule has 0 aliphatic carbocycles. The Kier molecular flexibility index (Phi) is 6.19. The van der Waals surface area contributed by atoms with Crippen LogP contribution in [0.1, 0.15) is 38.5 Å². The molecular formula is C19H22N4O7. The van der Waals surface area contributed by atoms with Crippen LogP contribution in [0.15, 0.2) is 34.1 Å². The number of hydrogen-bond acceptors (Lipinski definition) is 7. The van der Waals surface area contributed by atoms with Gasteiger partial charge in [0.05, 0.1) is 30.7 Å². The molecule has 0 radical (unpaired) electrons. The van der Waals surface area contributed by atoms with E-state index in [1.165, 1.54) is 6.26 Å². The fourth-order valence-electron chi connectivity index (χ4n) is 3.22.